The van der Waals surface area contributed by atoms with Gasteiger partial charge in [0.05, 0.1) is 6.61 Å². The molecule has 0 N–H and O–H groups in total. The zero-order chi connectivity index (χ0) is 13.4. The van der Waals surface area contributed by atoms with Crippen molar-refractivity contribution in [2.24, 2.45) is 0 Å². The second kappa shape index (κ2) is 7.58. The van der Waals surface area contributed by atoms with Gasteiger partial charge in [0.15, 0.2) is 0 Å². The number of hydrogen-bond acceptors (Lipinski definition) is 2. The Morgan fingerprint density at radius 3 is 2.56 bits per heavy atom. The Bertz CT molecular complexity index is 400. The van der Waals surface area contributed by atoms with Gasteiger partial charge in [-0.15, -0.1) is 0 Å². The fourth-order valence-electron chi connectivity index (χ4n) is 1.51. The molecule has 0 fully saturated rings. The number of allylic oxidation sites excluding steroid dienone is 1. The van der Waals surface area contributed by atoms with Gasteiger partial charge in [0.1, 0.15) is 0 Å². The quantitative estimate of drug-likeness (QED) is 0.574. The molecule has 18 heavy (non-hydrogen) atoms. The van der Waals surface area contributed by atoms with Gasteiger partial charge in [0.25, 0.3) is 6.43 Å². The SMILES string of the molecule is CCOC(=O)/C=C(\CCc1ccccc1)C(F)F. The molecule has 4 heteroatoms. The highest BCUT2D eigenvalue weighted by Crippen LogP contribution is 2.16. The topological polar surface area (TPSA) is 26.3 Å². The van der Waals surface area contributed by atoms with Crippen molar-refractivity contribution in [3.63, 3.8) is 0 Å². The molecule has 0 spiro atoms. The third-order valence-corrected chi connectivity index (χ3v) is 2.42. The van der Waals surface area contributed by atoms with E-state index in [0.29, 0.717) is 6.42 Å². The summed E-state index contributed by atoms with van der Waals surface area (Å²) in [5, 5.41) is 0. The number of carbonyl (C=O) groups excluding carboxylic acids is 1. The highest BCUT2D eigenvalue weighted by atomic mass is 19.3. The van der Waals surface area contributed by atoms with E-state index in [9.17, 15) is 13.6 Å². The molecule has 0 aliphatic carbocycles. The van der Waals surface area contributed by atoms with Gasteiger partial charge in [-0.1, -0.05) is 30.3 Å². The summed E-state index contributed by atoms with van der Waals surface area (Å²) in [6.07, 6.45) is -1.09. The number of halogens is 2. The fraction of sp³-hybridized carbons (Fsp3) is 0.357. The van der Waals surface area contributed by atoms with Crippen molar-refractivity contribution < 1.29 is 18.3 Å². The maximum absolute atomic E-state index is 12.7. The first-order chi connectivity index (χ1) is 8.63. The van der Waals surface area contributed by atoms with Crippen molar-refractivity contribution in [3.05, 3.63) is 47.5 Å². The number of alkyl halides is 2. The monoisotopic (exact) mass is 254 g/mol. The predicted molar refractivity (Wildman–Crippen MR) is 65.5 cm³/mol. The van der Waals surface area contributed by atoms with E-state index in [-0.39, 0.29) is 18.6 Å². The molecule has 1 aromatic carbocycles. The Kier molecular flexibility index (Phi) is 6.05. The number of hydrogen-bond donors (Lipinski definition) is 0. The van der Waals surface area contributed by atoms with E-state index in [1.165, 1.54) is 0 Å². The minimum atomic E-state index is -2.63. The lowest BCUT2D eigenvalue weighted by atomic mass is 10.0. The third kappa shape index (κ3) is 5.08. The molecule has 2 nitrogen and oxygen atoms in total. The molecule has 0 aliphatic rings. The van der Waals surface area contributed by atoms with E-state index in [4.69, 9.17) is 0 Å². The van der Waals surface area contributed by atoms with Crippen LogP contribution in [0.3, 0.4) is 0 Å². The van der Waals surface area contributed by atoms with E-state index in [1.54, 1.807) is 6.92 Å². The average Bonchev–Trinajstić information content (AvgIpc) is 2.35. The van der Waals surface area contributed by atoms with Crippen molar-refractivity contribution >= 4 is 5.97 Å². The maximum Gasteiger partial charge on any atom is 0.330 e. The summed E-state index contributed by atoms with van der Waals surface area (Å²) in [6.45, 7) is 1.82. The highest BCUT2D eigenvalue weighted by Gasteiger charge is 2.13. The van der Waals surface area contributed by atoms with Crippen LogP contribution >= 0.6 is 0 Å². The number of ether oxygens (including phenoxy) is 1. The Hall–Kier alpha value is -1.71. The van der Waals surface area contributed by atoms with Crippen LogP contribution in [-0.2, 0) is 16.0 Å². The van der Waals surface area contributed by atoms with Crippen LogP contribution in [0.2, 0.25) is 0 Å². The van der Waals surface area contributed by atoms with Crippen LogP contribution in [0.5, 0.6) is 0 Å². The van der Waals surface area contributed by atoms with Crippen LogP contribution < -0.4 is 0 Å². The van der Waals surface area contributed by atoms with E-state index >= 15 is 0 Å². The van der Waals surface area contributed by atoms with Gasteiger partial charge < -0.3 is 4.74 Å². The van der Waals surface area contributed by atoms with Gasteiger partial charge in [-0.05, 0) is 25.3 Å². The summed E-state index contributed by atoms with van der Waals surface area (Å²) in [4.78, 5) is 11.1. The molecule has 0 saturated carbocycles. The van der Waals surface area contributed by atoms with E-state index < -0.39 is 12.4 Å². The largest absolute Gasteiger partial charge is 0.463 e. The van der Waals surface area contributed by atoms with Gasteiger partial charge >= 0.3 is 5.97 Å². The zero-order valence-electron chi connectivity index (χ0n) is 10.2. The first-order valence-electron chi connectivity index (χ1n) is 5.82. The number of carbonyl (C=O) groups is 1. The minimum absolute atomic E-state index is 0.153. The summed E-state index contributed by atoms with van der Waals surface area (Å²) in [5.41, 5.74) is 0.783. The second-order valence-corrected chi connectivity index (χ2v) is 3.76. The predicted octanol–water partition coefficient (Wildman–Crippen LogP) is 3.37. The molecule has 0 amide bonds. The van der Waals surface area contributed by atoms with Gasteiger partial charge in [-0.2, -0.15) is 0 Å². The van der Waals surface area contributed by atoms with Crippen LogP contribution in [0.1, 0.15) is 18.9 Å². The summed E-state index contributed by atoms with van der Waals surface area (Å²) in [5.74, 6) is -0.708. The van der Waals surface area contributed by atoms with E-state index in [1.807, 2.05) is 30.3 Å². The average molecular weight is 254 g/mol. The molecule has 1 rings (SSSR count). The number of aryl methyl sites for hydroxylation is 1. The molecule has 0 bridgehead atoms. The lowest BCUT2D eigenvalue weighted by Crippen LogP contribution is -2.06. The molecule has 0 aromatic heterocycles. The van der Waals surface area contributed by atoms with Crippen molar-refractivity contribution in [1.82, 2.24) is 0 Å². The first-order valence-corrected chi connectivity index (χ1v) is 5.82. The fourth-order valence-corrected chi connectivity index (χ4v) is 1.51. The number of benzene rings is 1. The molecule has 0 radical (unpaired) electrons. The second-order valence-electron chi connectivity index (χ2n) is 3.76. The first kappa shape index (κ1) is 14.4. The van der Waals surface area contributed by atoms with Crippen molar-refractivity contribution in [2.75, 3.05) is 6.61 Å². The Morgan fingerprint density at radius 1 is 1.33 bits per heavy atom. The molecular formula is C14H16F2O2. The summed E-state index contributed by atoms with van der Waals surface area (Å²) in [6, 6.07) is 9.31. The van der Waals surface area contributed by atoms with Gasteiger partial charge in [-0.25, -0.2) is 13.6 Å². The maximum atomic E-state index is 12.7. The van der Waals surface area contributed by atoms with E-state index in [0.717, 1.165) is 11.6 Å². The Labute approximate surface area is 105 Å². The standard InChI is InChI=1S/C14H16F2O2/c1-2-18-13(17)10-12(14(15)16)9-8-11-6-4-3-5-7-11/h3-7,10,14H,2,8-9H2,1H3/b12-10+. The summed E-state index contributed by atoms with van der Waals surface area (Å²) >= 11 is 0. The van der Waals surface area contributed by atoms with Crippen LogP contribution in [-0.4, -0.2) is 19.0 Å². The molecule has 0 heterocycles. The van der Waals surface area contributed by atoms with Crippen molar-refractivity contribution in [3.8, 4) is 0 Å². The van der Waals surface area contributed by atoms with Crippen LogP contribution in [0.4, 0.5) is 8.78 Å². The van der Waals surface area contributed by atoms with Gasteiger partial charge in [-0.3, -0.25) is 0 Å². The van der Waals surface area contributed by atoms with Crippen LogP contribution in [0.25, 0.3) is 0 Å². The molecular weight excluding hydrogens is 238 g/mol. The van der Waals surface area contributed by atoms with E-state index in [2.05, 4.69) is 4.74 Å². The normalized spacial score (nSPS) is 11.7. The molecule has 0 atom stereocenters. The summed E-state index contributed by atoms with van der Waals surface area (Å²) in [7, 11) is 0. The molecule has 0 aliphatic heterocycles. The number of esters is 1. The molecule has 98 valence electrons. The molecule has 0 saturated heterocycles. The van der Waals surface area contributed by atoms with Crippen LogP contribution in [0.15, 0.2) is 42.0 Å². The van der Waals surface area contributed by atoms with Crippen LogP contribution in [0, 0.1) is 0 Å². The third-order valence-electron chi connectivity index (χ3n) is 2.42. The molecule has 0 unspecified atom stereocenters. The zero-order valence-corrected chi connectivity index (χ0v) is 10.2. The highest BCUT2D eigenvalue weighted by molar-refractivity contribution is 5.82. The lowest BCUT2D eigenvalue weighted by molar-refractivity contribution is -0.137. The Morgan fingerprint density at radius 2 is 2.00 bits per heavy atom. The lowest BCUT2D eigenvalue weighted by Gasteiger charge is -2.06. The van der Waals surface area contributed by atoms with Crippen molar-refractivity contribution in [1.29, 1.82) is 0 Å². The van der Waals surface area contributed by atoms with Gasteiger partial charge in [0.2, 0.25) is 0 Å². The minimum Gasteiger partial charge on any atom is -0.463 e. The van der Waals surface area contributed by atoms with Gasteiger partial charge in [0, 0.05) is 11.6 Å². The summed E-state index contributed by atoms with van der Waals surface area (Å²) < 4.78 is 30.1. The molecule has 1 aromatic rings. The Balaban J connectivity index is 2.61. The van der Waals surface area contributed by atoms with Crippen molar-refractivity contribution in [2.45, 2.75) is 26.2 Å². The number of rotatable bonds is 6. The smallest absolute Gasteiger partial charge is 0.330 e.